The predicted molar refractivity (Wildman–Crippen MR) is 213 cm³/mol. The number of nitrogens with one attached hydrogen (secondary N) is 6. The van der Waals surface area contributed by atoms with Crippen molar-refractivity contribution in [2.24, 2.45) is 34.6 Å². The molecule has 18 N–H and O–H groups in total. The van der Waals surface area contributed by atoms with Gasteiger partial charge in [-0.15, -0.1) is 0 Å². The Kier molecular flexibility index (Phi) is 23.9. The van der Waals surface area contributed by atoms with Gasteiger partial charge < -0.3 is 75.7 Å². The molecule has 0 saturated carbocycles. The van der Waals surface area contributed by atoms with Crippen molar-refractivity contribution in [3.63, 3.8) is 0 Å². The van der Waals surface area contributed by atoms with Gasteiger partial charge >= 0.3 is 5.97 Å². The standard InChI is InChI=1S/C36H64N12O12/c1-19(2)29(47-30(53)20(39)8-3-5-13-37)34(57)46-24(18-49)35(58)48-15-7-10-25(48)33(56)45-23(16-27(41)51)32(55)44-21(11-12-26(40)50)31(54)42-17-28(52)43-22(36(59)60)9-4-6-14-38/h19-25,29,49H,3-18,37-39H2,1-2H3,(H2,40,50)(H2,41,51)(H,42,54)(H,43,52)(H,44,55)(H,45,56)(H,46,57)(H,47,53)(H,59,60)/t20-,21-,22-,23-,24+,25-,29-/m0/s1. The van der Waals surface area contributed by atoms with Crippen LogP contribution in [0.5, 0.6) is 0 Å². The summed E-state index contributed by atoms with van der Waals surface area (Å²) >= 11 is 0. The van der Waals surface area contributed by atoms with Gasteiger partial charge in [-0.2, -0.15) is 0 Å². The second-order valence-corrected chi connectivity index (χ2v) is 14.8. The first-order valence-corrected chi connectivity index (χ1v) is 19.9. The molecule has 24 nitrogen and oxygen atoms in total. The number of hydrogen-bond donors (Lipinski definition) is 13. The molecule has 9 amide bonds. The first-order valence-electron chi connectivity index (χ1n) is 19.9. The minimum atomic E-state index is -1.71. The zero-order valence-corrected chi connectivity index (χ0v) is 34.2. The molecule has 0 aromatic heterocycles. The third kappa shape index (κ3) is 18.6. The average Bonchev–Trinajstić information content (AvgIpc) is 3.68. The molecule has 1 fully saturated rings. The van der Waals surface area contributed by atoms with E-state index in [-0.39, 0.29) is 25.8 Å². The largest absolute Gasteiger partial charge is 0.480 e. The summed E-state index contributed by atoms with van der Waals surface area (Å²) < 4.78 is 0. The van der Waals surface area contributed by atoms with Gasteiger partial charge in [-0.3, -0.25) is 43.2 Å². The highest BCUT2D eigenvalue weighted by molar-refractivity contribution is 5.98. The van der Waals surface area contributed by atoms with Crippen molar-refractivity contribution in [3.8, 4) is 0 Å². The first kappa shape index (κ1) is 52.6. The number of amides is 9. The maximum absolute atomic E-state index is 13.7. The molecule has 1 saturated heterocycles. The number of likely N-dealkylation sites (tertiary alicyclic amines) is 1. The second kappa shape index (κ2) is 27.3. The average molecular weight is 857 g/mol. The topological polar surface area (TPSA) is 417 Å². The lowest BCUT2D eigenvalue weighted by molar-refractivity contribution is -0.143. The van der Waals surface area contributed by atoms with Crippen molar-refractivity contribution < 1.29 is 58.2 Å². The van der Waals surface area contributed by atoms with Crippen LogP contribution >= 0.6 is 0 Å². The van der Waals surface area contributed by atoms with Gasteiger partial charge in [-0.25, -0.2) is 4.79 Å². The van der Waals surface area contributed by atoms with Gasteiger partial charge in [0.25, 0.3) is 0 Å². The number of hydrogen-bond acceptors (Lipinski definition) is 14. The Hall–Kier alpha value is -5.46. The zero-order chi connectivity index (χ0) is 45.5. The minimum absolute atomic E-state index is 0.00181. The van der Waals surface area contributed by atoms with Crippen LogP contribution in [-0.4, -0.2) is 149 Å². The lowest BCUT2D eigenvalue weighted by Crippen LogP contribution is -2.60. The number of unbranched alkanes of at least 4 members (excludes halogenated alkanes) is 2. The van der Waals surface area contributed by atoms with Crippen LogP contribution in [0.25, 0.3) is 0 Å². The van der Waals surface area contributed by atoms with Crippen molar-refractivity contribution in [1.29, 1.82) is 0 Å². The molecular formula is C36H64N12O12. The highest BCUT2D eigenvalue weighted by Gasteiger charge is 2.40. The van der Waals surface area contributed by atoms with Crippen molar-refractivity contribution >= 4 is 59.1 Å². The van der Waals surface area contributed by atoms with Crippen molar-refractivity contribution in [2.45, 2.75) is 127 Å². The van der Waals surface area contributed by atoms with E-state index in [1.165, 1.54) is 0 Å². The molecule has 24 heteroatoms. The Morgan fingerprint density at radius 3 is 1.87 bits per heavy atom. The fraction of sp³-hybridized carbons (Fsp3) is 0.722. The molecule has 60 heavy (non-hydrogen) atoms. The Morgan fingerprint density at radius 1 is 0.700 bits per heavy atom. The fourth-order valence-electron chi connectivity index (χ4n) is 6.18. The van der Waals surface area contributed by atoms with Crippen LogP contribution in [-0.2, 0) is 47.9 Å². The number of aliphatic carboxylic acids is 1. The molecule has 0 bridgehead atoms. The number of carboxylic acids is 1. The summed E-state index contributed by atoms with van der Waals surface area (Å²) in [4.78, 5) is 129. The summed E-state index contributed by atoms with van der Waals surface area (Å²) in [5.74, 6) is -9.82. The van der Waals surface area contributed by atoms with Crippen molar-refractivity contribution in [3.05, 3.63) is 0 Å². The Bertz CT molecular complexity index is 1520. The summed E-state index contributed by atoms with van der Waals surface area (Å²) in [6, 6.07) is -9.39. The van der Waals surface area contributed by atoms with Crippen LogP contribution in [0.3, 0.4) is 0 Å². The minimum Gasteiger partial charge on any atom is -0.480 e. The van der Waals surface area contributed by atoms with Crippen molar-refractivity contribution in [1.82, 2.24) is 36.8 Å². The number of nitrogens with two attached hydrogens (primary N) is 5. The predicted octanol–water partition coefficient (Wildman–Crippen LogP) is -6.02. The van der Waals surface area contributed by atoms with E-state index < -0.39 is 133 Å². The van der Waals surface area contributed by atoms with E-state index in [0.717, 1.165) is 4.90 Å². The first-order chi connectivity index (χ1) is 28.3. The van der Waals surface area contributed by atoms with Gasteiger partial charge in [0.2, 0.25) is 53.2 Å². The number of nitrogens with zero attached hydrogens (tertiary/aromatic N) is 1. The molecule has 1 rings (SSSR count). The van der Waals surface area contributed by atoms with Crippen molar-refractivity contribution in [2.75, 3.05) is 32.8 Å². The molecule has 1 aliphatic heterocycles. The number of aliphatic hydroxyl groups is 1. The quantitative estimate of drug-likeness (QED) is 0.0312. The SMILES string of the molecule is CC(C)[C@H](NC(=O)[C@@H](N)CCCCN)C(=O)N[C@H](CO)C(=O)N1CCC[C@H]1C(=O)N[C@@H](CC(N)=O)C(=O)N[C@@H](CCC(N)=O)C(=O)NCC(=O)N[C@@H](CCCCN)C(=O)O. The summed E-state index contributed by atoms with van der Waals surface area (Å²) in [5.41, 5.74) is 27.5. The maximum atomic E-state index is 13.7. The fourth-order valence-corrected chi connectivity index (χ4v) is 6.18. The molecule has 0 aromatic rings. The molecular weight excluding hydrogens is 792 g/mol. The van der Waals surface area contributed by atoms with Gasteiger partial charge in [-0.05, 0) is 70.4 Å². The van der Waals surface area contributed by atoms with Crippen LogP contribution in [0, 0.1) is 5.92 Å². The number of carbonyl (C=O) groups is 10. The molecule has 340 valence electrons. The smallest absolute Gasteiger partial charge is 0.326 e. The van der Waals surface area contributed by atoms with E-state index in [4.69, 9.17) is 28.7 Å². The second-order valence-electron chi connectivity index (χ2n) is 14.8. The van der Waals surface area contributed by atoms with Gasteiger partial charge in [-0.1, -0.05) is 20.3 Å². The normalized spacial score (nSPS) is 16.6. The van der Waals surface area contributed by atoms with Gasteiger partial charge in [0.15, 0.2) is 0 Å². The maximum Gasteiger partial charge on any atom is 0.326 e. The molecule has 1 aliphatic rings. The van der Waals surface area contributed by atoms with Gasteiger partial charge in [0, 0.05) is 13.0 Å². The molecule has 0 radical (unpaired) electrons. The summed E-state index contributed by atoms with van der Waals surface area (Å²) in [6.07, 6.45) is 1.36. The Morgan fingerprint density at radius 2 is 1.32 bits per heavy atom. The van der Waals surface area contributed by atoms with E-state index in [1.54, 1.807) is 13.8 Å². The third-order valence-corrected chi connectivity index (χ3v) is 9.54. The van der Waals surface area contributed by atoms with Crippen LogP contribution in [0.15, 0.2) is 0 Å². The molecule has 7 atom stereocenters. The molecule has 0 unspecified atom stereocenters. The van der Waals surface area contributed by atoms with E-state index in [0.29, 0.717) is 51.6 Å². The number of carboxylic acid groups (broad SMARTS) is 1. The zero-order valence-electron chi connectivity index (χ0n) is 34.2. The summed E-state index contributed by atoms with van der Waals surface area (Å²) in [7, 11) is 0. The van der Waals surface area contributed by atoms with E-state index >= 15 is 0 Å². The highest BCUT2D eigenvalue weighted by Crippen LogP contribution is 2.19. The van der Waals surface area contributed by atoms with E-state index in [2.05, 4.69) is 31.9 Å². The molecule has 1 heterocycles. The Balaban J connectivity index is 3.10. The number of rotatable bonds is 29. The number of aliphatic hydroxyl groups excluding tert-OH is 1. The molecule has 0 spiro atoms. The van der Waals surface area contributed by atoms with Crippen LogP contribution < -0.4 is 60.6 Å². The van der Waals surface area contributed by atoms with Crippen LogP contribution in [0.2, 0.25) is 0 Å². The number of primary amides is 2. The molecule has 0 aromatic carbocycles. The third-order valence-electron chi connectivity index (χ3n) is 9.54. The molecule has 0 aliphatic carbocycles. The van der Waals surface area contributed by atoms with Crippen LogP contribution in [0.4, 0.5) is 0 Å². The van der Waals surface area contributed by atoms with E-state index in [9.17, 15) is 58.2 Å². The number of carbonyl (C=O) groups excluding carboxylic acids is 9. The Labute approximate surface area is 347 Å². The summed E-state index contributed by atoms with van der Waals surface area (Å²) in [6.45, 7) is 2.44. The van der Waals surface area contributed by atoms with Gasteiger partial charge in [0.05, 0.1) is 25.6 Å². The van der Waals surface area contributed by atoms with E-state index in [1.807, 2.05) is 0 Å². The monoisotopic (exact) mass is 856 g/mol. The lowest BCUT2D eigenvalue weighted by atomic mass is 10.0. The van der Waals surface area contributed by atoms with Gasteiger partial charge in [0.1, 0.15) is 36.3 Å². The highest BCUT2D eigenvalue weighted by atomic mass is 16.4. The lowest BCUT2D eigenvalue weighted by Gasteiger charge is -2.30. The summed E-state index contributed by atoms with van der Waals surface area (Å²) in [5, 5.41) is 33.7. The van der Waals surface area contributed by atoms with Crippen LogP contribution in [0.1, 0.15) is 84.5 Å².